The zero-order valence-corrected chi connectivity index (χ0v) is 10.7. The molecule has 0 aromatic rings. The summed E-state index contributed by atoms with van der Waals surface area (Å²) >= 11 is 0. The fourth-order valence-electron chi connectivity index (χ4n) is 3.09. The van der Waals surface area contributed by atoms with E-state index in [1.165, 1.54) is 32.1 Å². The van der Waals surface area contributed by atoms with Gasteiger partial charge in [-0.3, -0.25) is 9.69 Å². The first-order valence-corrected chi connectivity index (χ1v) is 6.87. The topological polar surface area (TPSA) is 52.6 Å². The second-order valence-corrected chi connectivity index (χ2v) is 5.59. The van der Waals surface area contributed by atoms with Crippen molar-refractivity contribution in [3.05, 3.63) is 0 Å². The average Bonchev–Trinajstić information content (AvgIpc) is 2.52. The van der Waals surface area contributed by atoms with Crippen molar-refractivity contribution in [2.45, 2.75) is 51.1 Å². The summed E-state index contributed by atoms with van der Waals surface area (Å²) in [5.74, 6) is -0.908. The van der Waals surface area contributed by atoms with Crippen LogP contribution in [0, 0.1) is 5.92 Å². The first-order valence-electron chi connectivity index (χ1n) is 6.87. The van der Waals surface area contributed by atoms with Crippen molar-refractivity contribution in [2.75, 3.05) is 19.6 Å². The Morgan fingerprint density at radius 2 is 1.94 bits per heavy atom. The van der Waals surface area contributed by atoms with Gasteiger partial charge in [0.25, 0.3) is 0 Å². The maximum absolute atomic E-state index is 11.2. The molecule has 2 N–H and O–H groups in total. The molecule has 1 aliphatic carbocycles. The van der Waals surface area contributed by atoms with Crippen LogP contribution in [0.3, 0.4) is 0 Å². The maximum atomic E-state index is 11.2. The summed E-state index contributed by atoms with van der Waals surface area (Å²) in [5.41, 5.74) is 0. The zero-order valence-electron chi connectivity index (χ0n) is 10.7. The second-order valence-electron chi connectivity index (χ2n) is 5.59. The summed E-state index contributed by atoms with van der Waals surface area (Å²) in [5, 5.41) is 12.5. The maximum Gasteiger partial charge on any atom is 0.309 e. The highest BCUT2D eigenvalue weighted by Crippen LogP contribution is 2.24. The normalized spacial score (nSPS) is 33.2. The molecular weight excluding hydrogens is 216 g/mol. The van der Waals surface area contributed by atoms with E-state index in [1.54, 1.807) is 0 Å². The summed E-state index contributed by atoms with van der Waals surface area (Å²) in [6.45, 7) is 4.48. The molecule has 1 saturated carbocycles. The molecule has 98 valence electrons. The van der Waals surface area contributed by atoms with Crippen LogP contribution >= 0.6 is 0 Å². The van der Waals surface area contributed by atoms with Gasteiger partial charge in [0.2, 0.25) is 0 Å². The molecule has 1 heterocycles. The van der Waals surface area contributed by atoms with Crippen molar-refractivity contribution in [2.24, 2.45) is 5.92 Å². The summed E-state index contributed by atoms with van der Waals surface area (Å²) in [6.07, 6.45) is 6.46. The van der Waals surface area contributed by atoms with Crippen molar-refractivity contribution < 1.29 is 9.90 Å². The number of carboxylic acids is 1. The van der Waals surface area contributed by atoms with Crippen LogP contribution in [0.2, 0.25) is 0 Å². The number of nitrogens with one attached hydrogen (secondary N) is 1. The van der Waals surface area contributed by atoms with Gasteiger partial charge < -0.3 is 10.4 Å². The number of rotatable bonds is 2. The number of carbonyl (C=O) groups is 1. The van der Waals surface area contributed by atoms with E-state index in [2.05, 4.69) is 17.1 Å². The smallest absolute Gasteiger partial charge is 0.309 e. The summed E-state index contributed by atoms with van der Waals surface area (Å²) in [4.78, 5) is 13.6. The van der Waals surface area contributed by atoms with Gasteiger partial charge >= 0.3 is 5.97 Å². The lowest BCUT2D eigenvalue weighted by Crippen LogP contribution is -2.43. The fourth-order valence-corrected chi connectivity index (χ4v) is 3.09. The van der Waals surface area contributed by atoms with Gasteiger partial charge in [-0.15, -0.1) is 0 Å². The van der Waals surface area contributed by atoms with Crippen molar-refractivity contribution in [3.8, 4) is 0 Å². The van der Waals surface area contributed by atoms with E-state index in [9.17, 15) is 9.90 Å². The third-order valence-corrected chi connectivity index (χ3v) is 4.12. The Labute approximate surface area is 103 Å². The standard InChI is InChI=1S/C13H24N2O2/c1-10-8-15(12-5-3-2-4-6-12)9-11(7-14-10)13(16)17/h10-12,14H,2-9H2,1H3,(H,16,17). The van der Waals surface area contributed by atoms with Crippen LogP contribution in [0.4, 0.5) is 0 Å². The van der Waals surface area contributed by atoms with Gasteiger partial charge in [-0.2, -0.15) is 0 Å². The highest BCUT2D eigenvalue weighted by molar-refractivity contribution is 5.70. The Morgan fingerprint density at radius 1 is 1.24 bits per heavy atom. The second kappa shape index (κ2) is 5.83. The van der Waals surface area contributed by atoms with Gasteiger partial charge in [0.05, 0.1) is 5.92 Å². The quantitative estimate of drug-likeness (QED) is 0.764. The lowest BCUT2D eigenvalue weighted by atomic mass is 9.93. The van der Waals surface area contributed by atoms with E-state index in [0.717, 1.165) is 13.1 Å². The van der Waals surface area contributed by atoms with Crippen LogP contribution in [0.15, 0.2) is 0 Å². The van der Waals surface area contributed by atoms with Crippen molar-refractivity contribution in [3.63, 3.8) is 0 Å². The molecule has 0 radical (unpaired) electrons. The van der Waals surface area contributed by atoms with Gasteiger partial charge in [-0.1, -0.05) is 19.3 Å². The molecule has 0 aromatic carbocycles. The number of hydrogen-bond donors (Lipinski definition) is 2. The lowest BCUT2D eigenvalue weighted by molar-refractivity contribution is -0.142. The minimum absolute atomic E-state index is 0.248. The minimum atomic E-state index is -0.660. The van der Waals surface area contributed by atoms with Crippen LogP contribution in [-0.2, 0) is 4.79 Å². The van der Waals surface area contributed by atoms with Crippen molar-refractivity contribution in [1.29, 1.82) is 0 Å². The van der Waals surface area contributed by atoms with Gasteiger partial charge in [-0.05, 0) is 19.8 Å². The van der Waals surface area contributed by atoms with E-state index < -0.39 is 5.97 Å². The monoisotopic (exact) mass is 240 g/mol. The molecule has 1 saturated heterocycles. The number of nitrogens with zero attached hydrogens (tertiary/aromatic N) is 1. The van der Waals surface area contributed by atoms with Crippen LogP contribution in [0.1, 0.15) is 39.0 Å². The van der Waals surface area contributed by atoms with Crippen LogP contribution < -0.4 is 5.32 Å². The predicted molar refractivity (Wildman–Crippen MR) is 67.0 cm³/mol. The average molecular weight is 240 g/mol. The molecule has 4 heteroatoms. The van der Waals surface area contributed by atoms with Crippen LogP contribution in [-0.4, -0.2) is 47.7 Å². The highest BCUT2D eigenvalue weighted by atomic mass is 16.4. The molecule has 0 aromatic heterocycles. The van der Waals surface area contributed by atoms with Gasteiger partial charge in [0, 0.05) is 31.7 Å². The molecule has 2 fully saturated rings. The Kier molecular flexibility index (Phi) is 4.40. The van der Waals surface area contributed by atoms with E-state index >= 15 is 0 Å². The molecule has 0 spiro atoms. The zero-order chi connectivity index (χ0) is 12.3. The number of hydrogen-bond acceptors (Lipinski definition) is 3. The molecule has 2 rings (SSSR count). The van der Waals surface area contributed by atoms with Gasteiger partial charge in [0.15, 0.2) is 0 Å². The lowest BCUT2D eigenvalue weighted by Gasteiger charge is -2.35. The molecular formula is C13H24N2O2. The van der Waals surface area contributed by atoms with Crippen LogP contribution in [0.5, 0.6) is 0 Å². The SMILES string of the molecule is CC1CN(C2CCCCC2)CC(C(=O)O)CN1. The largest absolute Gasteiger partial charge is 0.481 e. The molecule has 2 unspecified atom stereocenters. The molecule has 17 heavy (non-hydrogen) atoms. The van der Waals surface area contributed by atoms with Crippen molar-refractivity contribution >= 4 is 5.97 Å². The van der Waals surface area contributed by atoms with E-state index in [4.69, 9.17) is 0 Å². The van der Waals surface area contributed by atoms with E-state index in [0.29, 0.717) is 18.6 Å². The third-order valence-electron chi connectivity index (χ3n) is 4.12. The molecule has 0 amide bonds. The van der Waals surface area contributed by atoms with Crippen molar-refractivity contribution in [1.82, 2.24) is 10.2 Å². The minimum Gasteiger partial charge on any atom is -0.481 e. The fraction of sp³-hybridized carbons (Fsp3) is 0.923. The Morgan fingerprint density at radius 3 is 2.59 bits per heavy atom. The van der Waals surface area contributed by atoms with E-state index in [1.807, 2.05) is 0 Å². The molecule has 2 aliphatic rings. The summed E-state index contributed by atoms with van der Waals surface area (Å²) in [7, 11) is 0. The Hall–Kier alpha value is -0.610. The predicted octanol–water partition coefficient (Wildman–Crippen LogP) is 1.31. The highest BCUT2D eigenvalue weighted by Gasteiger charge is 2.30. The van der Waals surface area contributed by atoms with Gasteiger partial charge in [0.1, 0.15) is 0 Å². The number of carboxylic acid groups (broad SMARTS) is 1. The molecule has 2 atom stereocenters. The molecule has 4 nitrogen and oxygen atoms in total. The van der Waals surface area contributed by atoms with Gasteiger partial charge in [-0.25, -0.2) is 0 Å². The summed E-state index contributed by atoms with van der Waals surface area (Å²) in [6, 6.07) is 1.02. The summed E-state index contributed by atoms with van der Waals surface area (Å²) < 4.78 is 0. The van der Waals surface area contributed by atoms with E-state index in [-0.39, 0.29) is 5.92 Å². The van der Waals surface area contributed by atoms with Crippen LogP contribution in [0.25, 0.3) is 0 Å². The Bertz CT molecular complexity index is 264. The Balaban J connectivity index is 1.99. The molecule has 1 aliphatic heterocycles. The molecule has 0 bridgehead atoms. The third kappa shape index (κ3) is 3.42. The number of aliphatic carboxylic acids is 1. The first kappa shape index (κ1) is 12.8. The first-order chi connectivity index (χ1) is 8.16.